The first-order chi connectivity index (χ1) is 9.36. The maximum atomic E-state index is 12.6. The van der Waals surface area contributed by atoms with E-state index >= 15 is 0 Å². The SMILES string of the molecule is CCc1nc(CC)n(-c2ccc(C(F)(F)F)cc2N)n1. The predicted molar refractivity (Wildman–Crippen MR) is 69.5 cm³/mol. The predicted octanol–water partition coefficient (Wildman–Crippen LogP) is 2.99. The van der Waals surface area contributed by atoms with Gasteiger partial charge in [-0.25, -0.2) is 9.67 Å². The van der Waals surface area contributed by atoms with Crippen LogP contribution in [0.2, 0.25) is 0 Å². The van der Waals surface area contributed by atoms with E-state index in [9.17, 15) is 13.2 Å². The monoisotopic (exact) mass is 284 g/mol. The summed E-state index contributed by atoms with van der Waals surface area (Å²) in [6.45, 7) is 3.81. The smallest absolute Gasteiger partial charge is 0.397 e. The number of hydrogen-bond acceptors (Lipinski definition) is 3. The molecule has 0 amide bonds. The summed E-state index contributed by atoms with van der Waals surface area (Å²) in [6.07, 6.45) is -3.13. The van der Waals surface area contributed by atoms with Gasteiger partial charge in [-0.05, 0) is 18.2 Å². The number of nitrogens with two attached hydrogens (primary N) is 1. The molecule has 1 aromatic heterocycles. The molecule has 4 nitrogen and oxygen atoms in total. The Kier molecular flexibility index (Phi) is 3.69. The summed E-state index contributed by atoms with van der Waals surface area (Å²) in [4.78, 5) is 4.31. The molecule has 0 atom stereocenters. The van der Waals surface area contributed by atoms with Crippen molar-refractivity contribution in [1.29, 1.82) is 0 Å². The fourth-order valence-electron chi connectivity index (χ4n) is 1.89. The molecule has 1 aromatic carbocycles. The third kappa shape index (κ3) is 2.61. The lowest BCUT2D eigenvalue weighted by atomic mass is 10.1. The van der Waals surface area contributed by atoms with Crippen molar-refractivity contribution in [1.82, 2.24) is 14.8 Å². The van der Waals surface area contributed by atoms with E-state index in [-0.39, 0.29) is 5.69 Å². The lowest BCUT2D eigenvalue weighted by Gasteiger charge is -2.11. The Morgan fingerprint density at radius 2 is 1.90 bits per heavy atom. The molecule has 7 heteroatoms. The first-order valence-electron chi connectivity index (χ1n) is 6.28. The van der Waals surface area contributed by atoms with Crippen LogP contribution in [0.4, 0.5) is 18.9 Å². The highest BCUT2D eigenvalue weighted by atomic mass is 19.4. The van der Waals surface area contributed by atoms with Crippen LogP contribution >= 0.6 is 0 Å². The van der Waals surface area contributed by atoms with E-state index in [0.29, 0.717) is 30.2 Å². The zero-order valence-corrected chi connectivity index (χ0v) is 11.2. The number of nitrogens with zero attached hydrogens (tertiary/aromatic N) is 3. The summed E-state index contributed by atoms with van der Waals surface area (Å²) in [7, 11) is 0. The van der Waals surface area contributed by atoms with E-state index in [1.165, 1.54) is 10.7 Å². The van der Waals surface area contributed by atoms with Crippen molar-refractivity contribution in [2.24, 2.45) is 0 Å². The highest BCUT2D eigenvalue weighted by Crippen LogP contribution is 2.32. The molecule has 0 spiro atoms. The van der Waals surface area contributed by atoms with Crippen LogP contribution in [0, 0.1) is 0 Å². The summed E-state index contributed by atoms with van der Waals surface area (Å²) in [5.74, 6) is 1.31. The normalized spacial score (nSPS) is 11.8. The van der Waals surface area contributed by atoms with Crippen LogP contribution in [0.3, 0.4) is 0 Å². The third-order valence-corrected chi connectivity index (χ3v) is 2.93. The minimum absolute atomic E-state index is 0.0297. The minimum atomic E-state index is -4.41. The van der Waals surface area contributed by atoms with E-state index in [4.69, 9.17) is 5.73 Å². The van der Waals surface area contributed by atoms with Gasteiger partial charge < -0.3 is 5.73 Å². The maximum Gasteiger partial charge on any atom is 0.416 e. The molecule has 0 fully saturated rings. The van der Waals surface area contributed by atoms with Crippen molar-refractivity contribution < 1.29 is 13.2 Å². The molecule has 20 heavy (non-hydrogen) atoms. The van der Waals surface area contributed by atoms with Gasteiger partial charge in [0.2, 0.25) is 0 Å². The van der Waals surface area contributed by atoms with Crippen molar-refractivity contribution >= 4 is 5.69 Å². The Morgan fingerprint density at radius 1 is 1.20 bits per heavy atom. The van der Waals surface area contributed by atoms with Crippen molar-refractivity contribution in [3.63, 3.8) is 0 Å². The standard InChI is InChI=1S/C13H15F3N4/c1-3-11-18-12(4-2)20(19-11)10-6-5-8(7-9(10)17)13(14,15)16/h5-7H,3-4,17H2,1-2H3. The van der Waals surface area contributed by atoms with E-state index in [0.717, 1.165) is 12.1 Å². The summed E-state index contributed by atoms with van der Waals surface area (Å²) < 4.78 is 39.4. The molecule has 0 aliphatic carbocycles. The minimum Gasteiger partial charge on any atom is -0.397 e. The Labute approximate surface area is 114 Å². The Hall–Kier alpha value is -2.05. The van der Waals surface area contributed by atoms with Crippen LogP contribution in [0.5, 0.6) is 0 Å². The van der Waals surface area contributed by atoms with Crippen LogP contribution in [0.15, 0.2) is 18.2 Å². The molecular formula is C13H15F3N4. The van der Waals surface area contributed by atoms with Gasteiger partial charge in [-0.15, -0.1) is 0 Å². The van der Waals surface area contributed by atoms with Crippen LogP contribution in [0.25, 0.3) is 5.69 Å². The third-order valence-electron chi connectivity index (χ3n) is 2.93. The lowest BCUT2D eigenvalue weighted by Crippen LogP contribution is -2.09. The van der Waals surface area contributed by atoms with Gasteiger partial charge in [0.05, 0.1) is 16.9 Å². The number of hydrogen-bond donors (Lipinski definition) is 1. The molecule has 0 saturated carbocycles. The Morgan fingerprint density at radius 3 is 2.40 bits per heavy atom. The van der Waals surface area contributed by atoms with Crippen LogP contribution in [0.1, 0.15) is 31.1 Å². The van der Waals surface area contributed by atoms with E-state index in [1.807, 2.05) is 13.8 Å². The highest BCUT2D eigenvalue weighted by molar-refractivity contribution is 5.59. The van der Waals surface area contributed by atoms with Gasteiger partial charge in [-0.3, -0.25) is 0 Å². The van der Waals surface area contributed by atoms with Gasteiger partial charge in [-0.2, -0.15) is 18.3 Å². The summed E-state index contributed by atoms with van der Waals surface area (Å²) in [5, 5.41) is 4.27. The van der Waals surface area contributed by atoms with Crippen molar-refractivity contribution in [3.05, 3.63) is 35.4 Å². The van der Waals surface area contributed by atoms with Crippen molar-refractivity contribution in [3.8, 4) is 5.69 Å². The number of benzene rings is 1. The molecule has 108 valence electrons. The van der Waals surface area contributed by atoms with E-state index < -0.39 is 11.7 Å². The number of anilines is 1. The number of alkyl halides is 3. The first-order valence-corrected chi connectivity index (χ1v) is 6.28. The second-order valence-electron chi connectivity index (χ2n) is 4.33. The molecule has 0 unspecified atom stereocenters. The fourth-order valence-corrected chi connectivity index (χ4v) is 1.89. The van der Waals surface area contributed by atoms with Gasteiger partial charge in [-0.1, -0.05) is 13.8 Å². The van der Waals surface area contributed by atoms with Gasteiger partial charge in [0.1, 0.15) is 5.82 Å². The average molecular weight is 284 g/mol. The second kappa shape index (κ2) is 5.15. The van der Waals surface area contributed by atoms with Crippen LogP contribution < -0.4 is 5.73 Å². The van der Waals surface area contributed by atoms with Gasteiger partial charge in [0.15, 0.2) is 5.82 Å². The van der Waals surface area contributed by atoms with E-state index in [1.54, 1.807) is 0 Å². The topological polar surface area (TPSA) is 56.7 Å². The fraction of sp³-hybridized carbons (Fsp3) is 0.385. The van der Waals surface area contributed by atoms with Crippen molar-refractivity contribution in [2.75, 3.05) is 5.73 Å². The average Bonchev–Trinajstić information content (AvgIpc) is 2.80. The Balaban J connectivity index is 2.51. The zero-order valence-electron chi connectivity index (χ0n) is 11.2. The maximum absolute atomic E-state index is 12.6. The molecule has 0 aliphatic rings. The van der Waals surface area contributed by atoms with Crippen LogP contribution in [-0.4, -0.2) is 14.8 Å². The molecule has 0 saturated heterocycles. The molecule has 1 heterocycles. The largest absolute Gasteiger partial charge is 0.416 e. The molecule has 0 aliphatic heterocycles. The summed E-state index contributed by atoms with van der Waals surface area (Å²) in [5.41, 5.74) is 5.41. The van der Waals surface area contributed by atoms with Gasteiger partial charge >= 0.3 is 6.18 Å². The van der Waals surface area contributed by atoms with E-state index in [2.05, 4.69) is 10.1 Å². The number of aromatic nitrogens is 3. The summed E-state index contributed by atoms with van der Waals surface area (Å²) >= 11 is 0. The second-order valence-corrected chi connectivity index (χ2v) is 4.33. The molecule has 2 aromatic rings. The molecule has 2 rings (SSSR count). The van der Waals surface area contributed by atoms with Crippen molar-refractivity contribution in [2.45, 2.75) is 32.9 Å². The quantitative estimate of drug-likeness (QED) is 0.881. The number of aryl methyl sites for hydroxylation is 2. The highest BCUT2D eigenvalue weighted by Gasteiger charge is 2.31. The zero-order chi connectivity index (χ0) is 14.9. The molecule has 0 bridgehead atoms. The number of halogens is 3. The Bertz CT molecular complexity index is 617. The molecule has 0 radical (unpaired) electrons. The molecule has 2 N–H and O–H groups in total. The van der Waals surface area contributed by atoms with Gasteiger partial charge in [0.25, 0.3) is 0 Å². The van der Waals surface area contributed by atoms with Crippen LogP contribution in [-0.2, 0) is 19.0 Å². The summed E-state index contributed by atoms with van der Waals surface area (Å²) in [6, 6.07) is 3.24. The van der Waals surface area contributed by atoms with Gasteiger partial charge in [0, 0.05) is 12.8 Å². The number of rotatable bonds is 3. The first kappa shape index (κ1) is 14.4. The molecular weight excluding hydrogens is 269 g/mol. The number of nitrogen functional groups attached to an aromatic ring is 1. The lowest BCUT2D eigenvalue weighted by molar-refractivity contribution is -0.137.